The predicted molar refractivity (Wildman–Crippen MR) is 237 cm³/mol. The van der Waals surface area contributed by atoms with Crippen molar-refractivity contribution >= 4 is 17.9 Å². The van der Waals surface area contributed by atoms with E-state index in [0.717, 1.165) is 83.5 Å². The van der Waals surface area contributed by atoms with Crippen LogP contribution in [0.15, 0.2) is 97.2 Å². The maximum absolute atomic E-state index is 12.7. The Morgan fingerprint density at radius 3 is 1.41 bits per heavy atom. The first-order valence-electron chi connectivity index (χ1n) is 22.3. The van der Waals surface area contributed by atoms with Crippen molar-refractivity contribution in [3.63, 3.8) is 0 Å². The second-order valence-corrected chi connectivity index (χ2v) is 14.4. The molecule has 56 heavy (non-hydrogen) atoms. The molecule has 0 bridgehead atoms. The zero-order valence-corrected chi connectivity index (χ0v) is 35.9. The third-order valence-electron chi connectivity index (χ3n) is 8.96. The van der Waals surface area contributed by atoms with Crippen LogP contribution in [0.3, 0.4) is 0 Å². The van der Waals surface area contributed by atoms with E-state index in [1.54, 1.807) is 6.08 Å². The highest BCUT2D eigenvalue weighted by Crippen LogP contribution is 2.13. The summed E-state index contributed by atoms with van der Waals surface area (Å²) >= 11 is 0. The van der Waals surface area contributed by atoms with E-state index < -0.39 is 12.1 Å². The molecular weight excluding hydrogens is 697 g/mol. The summed E-state index contributed by atoms with van der Waals surface area (Å²) in [6.07, 6.45) is 57.0. The second kappa shape index (κ2) is 44.0. The molecule has 0 rings (SSSR count). The molecule has 0 spiro atoms. The predicted octanol–water partition coefficient (Wildman–Crippen LogP) is 14.2. The average molecular weight is 777 g/mol. The van der Waals surface area contributed by atoms with Gasteiger partial charge in [-0.25, -0.2) is 0 Å². The first-order chi connectivity index (χ1) is 27.5. The molecule has 1 unspecified atom stereocenters. The number of allylic oxidation sites excluding steroid dienone is 15. The molecule has 1 atom stereocenters. The van der Waals surface area contributed by atoms with E-state index in [4.69, 9.17) is 14.2 Å². The van der Waals surface area contributed by atoms with Gasteiger partial charge in [0, 0.05) is 12.8 Å². The van der Waals surface area contributed by atoms with Crippen molar-refractivity contribution in [2.45, 2.75) is 187 Å². The molecule has 0 aromatic heterocycles. The lowest BCUT2D eigenvalue weighted by Gasteiger charge is -2.18. The summed E-state index contributed by atoms with van der Waals surface area (Å²) in [6.45, 7) is 6.27. The molecule has 0 saturated heterocycles. The second-order valence-electron chi connectivity index (χ2n) is 14.4. The molecule has 0 N–H and O–H groups in total. The van der Waals surface area contributed by atoms with Gasteiger partial charge in [-0.05, 0) is 51.4 Å². The lowest BCUT2D eigenvalue weighted by atomic mass is 10.1. The number of hydrogen-bond donors (Lipinski definition) is 0. The smallest absolute Gasteiger partial charge is 0.309 e. The normalized spacial score (nSPS) is 13.0. The Labute approximate surface area is 343 Å². The van der Waals surface area contributed by atoms with Crippen molar-refractivity contribution in [1.82, 2.24) is 0 Å². The van der Waals surface area contributed by atoms with Crippen LogP contribution < -0.4 is 0 Å². The van der Waals surface area contributed by atoms with Crippen LogP contribution in [-0.4, -0.2) is 37.2 Å². The minimum atomic E-state index is -0.820. The molecule has 0 aliphatic carbocycles. The van der Waals surface area contributed by atoms with Gasteiger partial charge in [-0.1, -0.05) is 208 Å². The van der Waals surface area contributed by atoms with Gasteiger partial charge in [0.2, 0.25) is 0 Å². The average Bonchev–Trinajstić information content (AvgIpc) is 3.19. The van der Waals surface area contributed by atoms with Crippen LogP contribution >= 0.6 is 0 Å². The molecule has 0 fully saturated rings. The van der Waals surface area contributed by atoms with E-state index in [1.165, 1.54) is 57.8 Å². The topological polar surface area (TPSA) is 78.9 Å². The Morgan fingerprint density at radius 2 is 0.857 bits per heavy atom. The van der Waals surface area contributed by atoms with Crippen molar-refractivity contribution in [3.8, 4) is 0 Å². The van der Waals surface area contributed by atoms with Crippen molar-refractivity contribution in [2.24, 2.45) is 0 Å². The highest BCUT2D eigenvalue weighted by atomic mass is 16.6. The van der Waals surface area contributed by atoms with Gasteiger partial charge in [0.25, 0.3) is 0 Å². The summed E-state index contributed by atoms with van der Waals surface area (Å²) in [6, 6.07) is 0. The zero-order valence-electron chi connectivity index (χ0n) is 35.9. The Morgan fingerprint density at radius 1 is 0.411 bits per heavy atom. The van der Waals surface area contributed by atoms with Gasteiger partial charge in [-0.15, -0.1) is 0 Å². The standard InChI is InChI=1S/C50H80O6/c1-4-7-10-13-16-19-21-22-23-24-25-26-27-29-31-34-37-40-43-49(52)55-46-47(45-54-48(51)42-39-36-33-30-18-15-12-9-6-3)56-50(53)44-41-38-35-32-28-20-17-14-11-8-5-2/h9-10,12-13,16,18-19,21-26,30,36,39,47H,4-8,11,14-15,17,20,27-29,31-35,37-38,40-46H2,1-3H3/b12-9-,13-10-,19-16-,22-21-,24-23-,26-25-,30-18-,39-36-. The number of carbonyl (C=O) groups is 3. The van der Waals surface area contributed by atoms with E-state index >= 15 is 0 Å². The van der Waals surface area contributed by atoms with Crippen LogP contribution in [0.5, 0.6) is 0 Å². The Hall–Kier alpha value is -3.67. The first-order valence-corrected chi connectivity index (χ1v) is 22.3. The fourth-order valence-corrected chi connectivity index (χ4v) is 5.65. The summed E-state index contributed by atoms with van der Waals surface area (Å²) in [7, 11) is 0. The van der Waals surface area contributed by atoms with Gasteiger partial charge in [0.1, 0.15) is 13.2 Å². The maximum atomic E-state index is 12.7. The number of carbonyl (C=O) groups excluding carboxylic acids is 3. The molecule has 6 heteroatoms. The van der Waals surface area contributed by atoms with Gasteiger partial charge < -0.3 is 14.2 Å². The molecule has 316 valence electrons. The fourth-order valence-electron chi connectivity index (χ4n) is 5.65. The first kappa shape index (κ1) is 52.3. The third-order valence-corrected chi connectivity index (χ3v) is 8.96. The Balaban J connectivity index is 4.47. The molecule has 0 aliphatic heterocycles. The third kappa shape index (κ3) is 41.5. The summed E-state index contributed by atoms with van der Waals surface area (Å²) in [5, 5.41) is 0. The molecular formula is C50H80O6. The summed E-state index contributed by atoms with van der Waals surface area (Å²) in [4.78, 5) is 37.6. The number of rotatable bonds is 38. The van der Waals surface area contributed by atoms with Crippen LogP contribution in [-0.2, 0) is 28.6 Å². The van der Waals surface area contributed by atoms with Gasteiger partial charge >= 0.3 is 17.9 Å². The summed E-state index contributed by atoms with van der Waals surface area (Å²) < 4.78 is 16.5. The van der Waals surface area contributed by atoms with Crippen LogP contribution in [0.25, 0.3) is 0 Å². The molecule has 0 aromatic rings. The van der Waals surface area contributed by atoms with Crippen LogP contribution in [0.2, 0.25) is 0 Å². The van der Waals surface area contributed by atoms with Crippen LogP contribution in [0.4, 0.5) is 0 Å². The van der Waals surface area contributed by atoms with Crippen molar-refractivity contribution in [3.05, 3.63) is 97.2 Å². The highest BCUT2D eigenvalue weighted by molar-refractivity contribution is 5.72. The summed E-state index contributed by atoms with van der Waals surface area (Å²) in [5.41, 5.74) is 0. The monoisotopic (exact) mass is 777 g/mol. The largest absolute Gasteiger partial charge is 0.462 e. The van der Waals surface area contributed by atoms with Gasteiger partial charge in [-0.2, -0.15) is 0 Å². The van der Waals surface area contributed by atoms with Crippen molar-refractivity contribution < 1.29 is 28.6 Å². The fraction of sp³-hybridized carbons (Fsp3) is 0.620. The van der Waals surface area contributed by atoms with E-state index in [2.05, 4.69) is 69.4 Å². The molecule has 6 nitrogen and oxygen atoms in total. The molecule has 0 heterocycles. The number of unbranched alkanes of at least 4 members (excludes halogenated alkanes) is 16. The molecule has 0 radical (unpaired) electrons. The van der Waals surface area contributed by atoms with E-state index in [1.807, 2.05) is 42.5 Å². The van der Waals surface area contributed by atoms with E-state index in [0.29, 0.717) is 12.8 Å². The summed E-state index contributed by atoms with van der Waals surface area (Å²) in [5.74, 6) is -1.08. The van der Waals surface area contributed by atoms with Gasteiger partial charge in [0.05, 0.1) is 6.42 Å². The molecule has 0 aliphatic rings. The van der Waals surface area contributed by atoms with Crippen LogP contribution in [0.1, 0.15) is 181 Å². The molecule has 0 aromatic carbocycles. The van der Waals surface area contributed by atoms with Gasteiger partial charge in [0.15, 0.2) is 6.10 Å². The Bertz CT molecular complexity index is 1170. The highest BCUT2D eigenvalue weighted by Gasteiger charge is 2.19. The molecule has 0 amide bonds. The lowest BCUT2D eigenvalue weighted by molar-refractivity contribution is -0.166. The van der Waals surface area contributed by atoms with E-state index in [-0.39, 0.29) is 31.6 Å². The number of hydrogen-bond acceptors (Lipinski definition) is 6. The minimum Gasteiger partial charge on any atom is -0.462 e. The SMILES string of the molecule is CC/C=C\C/C=C\C/C=C\CC(=O)OCC(COC(=O)CCCCCCC\C=C/C=C\C=C/C=C\C=C/CCC)OC(=O)CCCCCCCCCCCCC. The lowest BCUT2D eigenvalue weighted by Crippen LogP contribution is -2.30. The van der Waals surface area contributed by atoms with Crippen molar-refractivity contribution in [2.75, 3.05) is 13.2 Å². The number of ether oxygens (including phenoxy) is 3. The minimum absolute atomic E-state index is 0.118. The van der Waals surface area contributed by atoms with E-state index in [9.17, 15) is 14.4 Å². The van der Waals surface area contributed by atoms with Crippen molar-refractivity contribution in [1.29, 1.82) is 0 Å². The molecule has 0 saturated carbocycles. The quantitative estimate of drug-likeness (QED) is 0.0204. The van der Waals surface area contributed by atoms with Gasteiger partial charge in [-0.3, -0.25) is 14.4 Å². The zero-order chi connectivity index (χ0) is 40.8. The Kier molecular flexibility index (Phi) is 41.2. The number of esters is 3. The maximum Gasteiger partial charge on any atom is 0.309 e. The van der Waals surface area contributed by atoms with Crippen LogP contribution in [0, 0.1) is 0 Å².